The van der Waals surface area contributed by atoms with Gasteiger partial charge in [0.05, 0.1) is 5.52 Å². The topological polar surface area (TPSA) is 37.3 Å². The van der Waals surface area contributed by atoms with Crippen LogP contribution in [0.1, 0.15) is 30.2 Å². The van der Waals surface area contributed by atoms with Gasteiger partial charge in [-0.2, -0.15) is 0 Å². The Morgan fingerprint density at radius 3 is 2.45 bits per heavy atom. The summed E-state index contributed by atoms with van der Waals surface area (Å²) in [6.07, 6.45) is 2.01. The monoisotopic (exact) mass is 343 g/mol. The molecule has 6 heteroatoms. The van der Waals surface area contributed by atoms with Crippen LogP contribution in [-0.4, -0.2) is 41.6 Å². The quantitative estimate of drug-likeness (QED) is 0.910. The van der Waals surface area contributed by atoms with Crippen molar-refractivity contribution in [3.8, 4) is 0 Å². The van der Waals surface area contributed by atoms with Gasteiger partial charge in [0, 0.05) is 50.7 Å². The van der Waals surface area contributed by atoms with Crippen molar-refractivity contribution in [3.63, 3.8) is 0 Å². The van der Waals surface area contributed by atoms with Crippen molar-refractivity contribution in [1.82, 2.24) is 14.8 Å². The van der Waals surface area contributed by atoms with Crippen LogP contribution in [0.3, 0.4) is 0 Å². The average molecular weight is 344 g/mol. The first-order valence-electron chi connectivity index (χ1n) is 7.24. The van der Waals surface area contributed by atoms with Gasteiger partial charge in [-0.15, -0.1) is 24.8 Å². The summed E-state index contributed by atoms with van der Waals surface area (Å²) in [7, 11) is 0. The van der Waals surface area contributed by atoms with Crippen LogP contribution in [0.4, 0.5) is 0 Å². The summed E-state index contributed by atoms with van der Waals surface area (Å²) in [6, 6.07) is 8.50. The van der Waals surface area contributed by atoms with E-state index in [0.717, 1.165) is 31.7 Å². The third-order valence-corrected chi connectivity index (χ3v) is 4.23. The number of nitrogens with one attached hydrogen (secondary N) is 1. The molecule has 1 aromatic carbocycles. The number of halogens is 2. The lowest BCUT2D eigenvalue weighted by atomic mass is 10.1. The van der Waals surface area contributed by atoms with Crippen molar-refractivity contribution >= 4 is 41.6 Å². The first-order valence-corrected chi connectivity index (χ1v) is 7.24. The van der Waals surface area contributed by atoms with Crippen LogP contribution in [0.5, 0.6) is 0 Å². The van der Waals surface area contributed by atoms with Crippen molar-refractivity contribution < 1.29 is 4.79 Å². The van der Waals surface area contributed by atoms with E-state index in [9.17, 15) is 4.79 Å². The second kappa shape index (κ2) is 7.97. The normalized spacial score (nSPS) is 16.6. The molecule has 1 aliphatic heterocycles. The number of benzene rings is 1. The SMILES string of the molecule is CC(=O)n1cc([C@H](C)N2CCNCC2)c2ccccc21.Cl.Cl. The summed E-state index contributed by atoms with van der Waals surface area (Å²) < 4.78 is 1.77. The lowest BCUT2D eigenvalue weighted by Crippen LogP contribution is -2.44. The van der Waals surface area contributed by atoms with Gasteiger partial charge >= 0.3 is 0 Å². The Kier molecular flexibility index (Phi) is 6.88. The van der Waals surface area contributed by atoms with Crippen molar-refractivity contribution in [3.05, 3.63) is 36.0 Å². The Bertz CT molecular complexity index is 635. The Morgan fingerprint density at radius 1 is 1.18 bits per heavy atom. The minimum atomic E-state index is 0. The van der Waals surface area contributed by atoms with E-state index in [1.807, 2.05) is 24.4 Å². The van der Waals surface area contributed by atoms with E-state index in [0.29, 0.717) is 6.04 Å². The summed E-state index contributed by atoms with van der Waals surface area (Å²) in [5.41, 5.74) is 2.26. The fraction of sp³-hybridized carbons (Fsp3) is 0.438. The number of rotatable bonds is 2. The lowest BCUT2D eigenvalue weighted by Gasteiger charge is -2.32. The zero-order valence-corrected chi connectivity index (χ0v) is 14.5. The van der Waals surface area contributed by atoms with Crippen LogP contribution >= 0.6 is 24.8 Å². The highest BCUT2D eigenvalue weighted by molar-refractivity contribution is 5.93. The van der Waals surface area contributed by atoms with Gasteiger partial charge in [-0.3, -0.25) is 14.3 Å². The molecule has 1 N–H and O–H groups in total. The molecule has 1 fully saturated rings. The zero-order valence-electron chi connectivity index (χ0n) is 12.9. The molecule has 4 nitrogen and oxygen atoms in total. The van der Waals surface area contributed by atoms with Crippen LogP contribution in [0.2, 0.25) is 0 Å². The van der Waals surface area contributed by atoms with E-state index in [1.165, 1.54) is 10.9 Å². The third-order valence-electron chi connectivity index (χ3n) is 4.23. The number of hydrogen-bond donors (Lipinski definition) is 1. The van der Waals surface area contributed by atoms with Crippen LogP contribution in [0.15, 0.2) is 30.5 Å². The number of carbonyl (C=O) groups is 1. The molecule has 0 aliphatic carbocycles. The van der Waals surface area contributed by atoms with Crippen molar-refractivity contribution in [1.29, 1.82) is 0 Å². The number of nitrogens with zero attached hydrogens (tertiary/aromatic N) is 2. The van der Waals surface area contributed by atoms with E-state index < -0.39 is 0 Å². The molecule has 1 saturated heterocycles. The van der Waals surface area contributed by atoms with Crippen LogP contribution < -0.4 is 5.32 Å². The number of carbonyl (C=O) groups excluding carboxylic acids is 1. The maximum atomic E-state index is 11.8. The molecule has 0 spiro atoms. The van der Waals surface area contributed by atoms with Crippen LogP contribution in [0, 0.1) is 0 Å². The molecule has 122 valence electrons. The average Bonchev–Trinajstić information content (AvgIpc) is 2.87. The van der Waals surface area contributed by atoms with E-state index in [1.54, 1.807) is 11.5 Å². The predicted molar refractivity (Wildman–Crippen MR) is 95.6 cm³/mol. The molecular formula is C16H23Cl2N3O. The third kappa shape index (κ3) is 3.46. The Labute approximate surface area is 143 Å². The molecule has 0 radical (unpaired) electrons. The molecule has 2 heterocycles. The number of para-hydroxylation sites is 1. The summed E-state index contributed by atoms with van der Waals surface area (Å²) >= 11 is 0. The van der Waals surface area contributed by atoms with Gasteiger partial charge in [-0.25, -0.2) is 0 Å². The Balaban J connectivity index is 0.00000121. The van der Waals surface area contributed by atoms with Crippen molar-refractivity contribution in [2.24, 2.45) is 0 Å². The zero-order chi connectivity index (χ0) is 14.1. The molecule has 0 saturated carbocycles. The van der Waals surface area contributed by atoms with Gasteiger partial charge < -0.3 is 5.32 Å². The maximum Gasteiger partial charge on any atom is 0.227 e. The van der Waals surface area contributed by atoms with Crippen LogP contribution in [-0.2, 0) is 0 Å². The fourth-order valence-corrected chi connectivity index (χ4v) is 3.07. The summed E-state index contributed by atoms with van der Waals surface area (Å²) in [5.74, 6) is 0.0694. The second-order valence-electron chi connectivity index (χ2n) is 5.45. The van der Waals surface area contributed by atoms with E-state index >= 15 is 0 Å². The van der Waals surface area contributed by atoms with Crippen molar-refractivity contribution in [2.75, 3.05) is 26.2 Å². The Hall–Kier alpha value is -1.07. The molecular weight excluding hydrogens is 321 g/mol. The number of hydrogen-bond acceptors (Lipinski definition) is 3. The molecule has 2 aromatic rings. The summed E-state index contributed by atoms with van der Waals surface area (Å²) in [4.78, 5) is 14.3. The lowest BCUT2D eigenvalue weighted by molar-refractivity contribution is 0.0941. The highest BCUT2D eigenvalue weighted by Gasteiger charge is 2.22. The first kappa shape index (κ1) is 19.0. The first-order chi connectivity index (χ1) is 9.68. The van der Waals surface area contributed by atoms with Gasteiger partial charge in [-0.1, -0.05) is 18.2 Å². The number of fused-ring (bicyclic) bond motifs is 1. The number of aromatic nitrogens is 1. The van der Waals surface area contributed by atoms with Crippen molar-refractivity contribution in [2.45, 2.75) is 19.9 Å². The molecule has 1 aliphatic rings. The Morgan fingerprint density at radius 2 is 1.82 bits per heavy atom. The van der Waals surface area contributed by atoms with Gasteiger partial charge in [0.1, 0.15) is 0 Å². The highest BCUT2D eigenvalue weighted by Crippen LogP contribution is 2.30. The van der Waals surface area contributed by atoms with Crippen LogP contribution in [0.25, 0.3) is 10.9 Å². The molecule has 1 aromatic heterocycles. The molecule has 0 unspecified atom stereocenters. The van der Waals surface area contributed by atoms with E-state index in [2.05, 4.69) is 23.2 Å². The molecule has 22 heavy (non-hydrogen) atoms. The van der Waals surface area contributed by atoms with Gasteiger partial charge in [0.2, 0.25) is 5.91 Å². The van der Waals surface area contributed by atoms with E-state index in [4.69, 9.17) is 0 Å². The minimum Gasteiger partial charge on any atom is -0.314 e. The predicted octanol–water partition coefficient (Wildman–Crippen LogP) is 3.11. The van der Waals surface area contributed by atoms with Gasteiger partial charge in [-0.05, 0) is 18.6 Å². The maximum absolute atomic E-state index is 11.8. The molecule has 3 rings (SSSR count). The smallest absolute Gasteiger partial charge is 0.227 e. The molecule has 0 amide bonds. The minimum absolute atomic E-state index is 0. The molecule has 1 atom stereocenters. The fourth-order valence-electron chi connectivity index (χ4n) is 3.07. The van der Waals surface area contributed by atoms with Gasteiger partial charge in [0.25, 0.3) is 0 Å². The van der Waals surface area contributed by atoms with E-state index in [-0.39, 0.29) is 30.7 Å². The number of piperazine rings is 1. The second-order valence-corrected chi connectivity index (χ2v) is 5.45. The highest BCUT2D eigenvalue weighted by atomic mass is 35.5. The molecule has 0 bridgehead atoms. The van der Waals surface area contributed by atoms with Gasteiger partial charge in [0.15, 0.2) is 0 Å². The summed E-state index contributed by atoms with van der Waals surface area (Å²) in [6.45, 7) is 8.04. The standard InChI is InChI=1S/C16H21N3O.2ClH/c1-12(18-9-7-17-8-10-18)15-11-19(13(2)20)16-6-4-3-5-14(15)16;;/h3-6,11-12,17H,7-10H2,1-2H3;2*1H/t12-;;/m0../s1. The largest absolute Gasteiger partial charge is 0.314 e. The summed E-state index contributed by atoms with van der Waals surface area (Å²) in [5, 5.41) is 4.57.